The Morgan fingerprint density at radius 2 is 1.68 bits per heavy atom. The third-order valence-electron chi connectivity index (χ3n) is 7.14. The fraction of sp³-hybridized carbons (Fsp3) is 0.345. The van der Waals surface area contributed by atoms with Crippen molar-refractivity contribution in [3.63, 3.8) is 0 Å². The van der Waals surface area contributed by atoms with Crippen LogP contribution >= 0.6 is 22.6 Å². The number of anilines is 1. The molecule has 1 aliphatic heterocycles. The molecule has 2 aromatic rings. The number of allylic oxidation sites excluding steroid dienone is 4. The van der Waals surface area contributed by atoms with Crippen molar-refractivity contribution in [1.29, 1.82) is 0 Å². The van der Waals surface area contributed by atoms with Crippen LogP contribution in [0.4, 0.5) is 5.69 Å². The largest absolute Gasteiger partial charge is 0.493 e. The molecule has 0 bridgehead atoms. The zero-order valence-corrected chi connectivity index (χ0v) is 23.1. The summed E-state index contributed by atoms with van der Waals surface area (Å²) < 4.78 is 12.3. The van der Waals surface area contributed by atoms with Gasteiger partial charge in [-0.2, -0.15) is 0 Å². The highest BCUT2D eigenvalue weighted by atomic mass is 127. The molecule has 0 fully saturated rings. The standard InChI is InChI=1S/C29H29IN2O5/c1-16-7-3-4-8-19(16)32-25(35)15-37-29-18(30)13-17(14-24(29)36-2)26-27-20(9-5-11-22(27)33)31-21-10-6-12-23(34)28(21)26/h3-4,7-8,13-14,26,31H,5-6,9-12,15H2,1-2H3,(H,32,35). The maximum atomic E-state index is 13.1. The minimum atomic E-state index is -0.423. The van der Waals surface area contributed by atoms with E-state index in [1.54, 1.807) is 7.11 Å². The van der Waals surface area contributed by atoms with E-state index in [1.807, 2.05) is 43.3 Å². The number of Topliss-reactive ketones (excluding diaryl/α,β-unsaturated/α-hetero) is 2. The number of hydrogen-bond donors (Lipinski definition) is 2. The van der Waals surface area contributed by atoms with Crippen LogP contribution in [0.5, 0.6) is 11.5 Å². The van der Waals surface area contributed by atoms with Crippen molar-refractivity contribution in [2.45, 2.75) is 51.4 Å². The van der Waals surface area contributed by atoms with E-state index >= 15 is 0 Å². The first kappa shape index (κ1) is 25.5. The molecule has 192 valence electrons. The van der Waals surface area contributed by atoms with Crippen LogP contribution in [0.2, 0.25) is 0 Å². The number of ketones is 2. The van der Waals surface area contributed by atoms with Crippen LogP contribution < -0.4 is 20.1 Å². The van der Waals surface area contributed by atoms with Gasteiger partial charge in [-0.3, -0.25) is 14.4 Å². The number of dihydropyridines is 1. The molecular weight excluding hydrogens is 583 g/mol. The van der Waals surface area contributed by atoms with Crippen molar-refractivity contribution in [3.05, 3.63) is 73.6 Å². The van der Waals surface area contributed by atoms with Gasteiger partial charge in [0.2, 0.25) is 0 Å². The highest BCUT2D eigenvalue weighted by Gasteiger charge is 2.40. The van der Waals surface area contributed by atoms with Gasteiger partial charge in [-0.15, -0.1) is 0 Å². The number of benzene rings is 2. The molecule has 37 heavy (non-hydrogen) atoms. The molecule has 8 heteroatoms. The van der Waals surface area contributed by atoms with Crippen LogP contribution in [-0.4, -0.2) is 31.2 Å². The highest BCUT2D eigenvalue weighted by molar-refractivity contribution is 14.1. The Morgan fingerprint density at radius 3 is 2.30 bits per heavy atom. The van der Waals surface area contributed by atoms with Crippen LogP contribution in [0.1, 0.15) is 55.6 Å². The third-order valence-corrected chi connectivity index (χ3v) is 7.94. The Kier molecular flexibility index (Phi) is 7.37. The molecule has 2 aromatic carbocycles. The number of para-hydroxylation sites is 1. The number of halogens is 1. The van der Waals surface area contributed by atoms with Gasteiger partial charge in [-0.25, -0.2) is 0 Å². The summed E-state index contributed by atoms with van der Waals surface area (Å²) in [6.07, 6.45) is 4.19. The van der Waals surface area contributed by atoms with E-state index in [0.717, 1.165) is 57.5 Å². The Hall–Kier alpha value is -3.14. The smallest absolute Gasteiger partial charge is 0.262 e. The van der Waals surface area contributed by atoms with Crippen molar-refractivity contribution in [2.75, 3.05) is 19.0 Å². The molecule has 3 aliphatic rings. The number of amides is 1. The number of ether oxygens (including phenoxy) is 2. The molecule has 0 atom stereocenters. The number of carbonyl (C=O) groups excluding carboxylic acids is 3. The predicted octanol–water partition coefficient (Wildman–Crippen LogP) is 5.33. The Bertz CT molecular complexity index is 1320. The molecule has 0 unspecified atom stereocenters. The van der Waals surface area contributed by atoms with Gasteiger partial charge in [-0.1, -0.05) is 18.2 Å². The van der Waals surface area contributed by atoms with E-state index in [1.165, 1.54) is 0 Å². The van der Waals surface area contributed by atoms with Gasteiger partial charge in [0.25, 0.3) is 5.91 Å². The molecule has 0 saturated heterocycles. The fourth-order valence-electron chi connectivity index (χ4n) is 5.40. The summed E-state index contributed by atoms with van der Waals surface area (Å²) in [6.45, 7) is 1.74. The van der Waals surface area contributed by atoms with Crippen LogP contribution in [-0.2, 0) is 14.4 Å². The zero-order valence-electron chi connectivity index (χ0n) is 20.9. The molecule has 0 saturated carbocycles. The van der Waals surface area contributed by atoms with E-state index in [0.29, 0.717) is 35.5 Å². The number of aryl methyl sites for hydroxylation is 1. The minimum absolute atomic E-state index is 0.0888. The van der Waals surface area contributed by atoms with Gasteiger partial charge in [0.15, 0.2) is 29.7 Å². The molecule has 5 rings (SSSR count). The molecule has 2 aliphatic carbocycles. The number of methoxy groups -OCH3 is 1. The summed E-state index contributed by atoms with van der Waals surface area (Å²) >= 11 is 2.16. The van der Waals surface area contributed by atoms with Gasteiger partial charge < -0.3 is 20.1 Å². The third kappa shape index (κ3) is 5.03. The van der Waals surface area contributed by atoms with Crippen molar-refractivity contribution >= 4 is 45.8 Å². The van der Waals surface area contributed by atoms with Gasteiger partial charge >= 0.3 is 0 Å². The van der Waals surface area contributed by atoms with Gasteiger partial charge in [-0.05, 0) is 84.5 Å². The lowest BCUT2D eigenvalue weighted by molar-refractivity contribution is -0.118. The predicted molar refractivity (Wildman–Crippen MR) is 149 cm³/mol. The van der Waals surface area contributed by atoms with Crippen molar-refractivity contribution < 1.29 is 23.9 Å². The fourth-order valence-corrected chi connectivity index (χ4v) is 6.18. The highest BCUT2D eigenvalue weighted by Crippen LogP contribution is 2.47. The van der Waals surface area contributed by atoms with E-state index in [4.69, 9.17) is 9.47 Å². The summed E-state index contributed by atoms with van der Waals surface area (Å²) in [7, 11) is 1.55. The van der Waals surface area contributed by atoms with Crippen LogP contribution in [0, 0.1) is 10.5 Å². The number of rotatable bonds is 6. The average molecular weight is 612 g/mol. The Morgan fingerprint density at radius 1 is 1.03 bits per heavy atom. The molecule has 0 radical (unpaired) electrons. The van der Waals surface area contributed by atoms with E-state index in [9.17, 15) is 14.4 Å². The van der Waals surface area contributed by atoms with E-state index in [-0.39, 0.29) is 24.1 Å². The molecule has 0 aromatic heterocycles. The summed E-state index contributed by atoms with van der Waals surface area (Å²) in [4.78, 5) is 38.8. The second-order valence-corrected chi connectivity index (χ2v) is 10.7. The Balaban J connectivity index is 1.46. The first-order chi connectivity index (χ1) is 17.9. The van der Waals surface area contributed by atoms with E-state index < -0.39 is 5.92 Å². The first-order valence-corrected chi connectivity index (χ1v) is 13.6. The van der Waals surface area contributed by atoms with Gasteiger partial charge in [0.05, 0.1) is 10.7 Å². The maximum Gasteiger partial charge on any atom is 0.262 e. The molecule has 2 N–H and O–H groups in total. The summed E-state index contributed by atoms with van der Waals surface area (Å²) in [5.41, 5.74) is 5.81. The number of hydrogen-bond acceptors (Lipinski definition) is 6. The lowest BCUT2D eigenvalue weighted by Crippen LogP contribution is -2.36. The monoisotopic (exact) mass is 612 g/mol. The average Bonchev–Trinajstić information content (AvgIpc) is 2.88. The normalized spacial score (nSPS) is 17.7. The number of nitrogens with one attached hydrogen (secondary N) is 2. The van der Waals surface area contributed by atoms with Crippen molar-refractivity contribution in [2.24, 2.45) is 0 Å². The summed E-state index contributed by atoms with van der Waals surface area (Å²) in [5.74, 6) is 0.387. The SMILES string of the molecule is COc1cc(C2C3=C(CCCC3=O)NC3=C2C(=O)CCC3)cc(I)c1OCC(=O)Nc1ccccc1C. The number of carbonyl (C=O) groups is 3. The molecular formula is C29H29IN2O5. The van der Waals surface area contributed by atoms with Gasteiger partial charge in [0, 0.05) is 47.0 Å². The topological polar surface area (TPSA) is 93.7 Å². The second-order valence-electron chi connectivity index (χ2n) is 9.58. The summed E-state index contributed by atoms with van der Waals surface area (Å²) in [5, 5.41) is 6.32. The quantitative estimate of drug-likeness (QED) is 0.429. The lowest BCUT2D eigenvalue weighted by atomic mass is 9.71. The van der Waals surface area contributed by atoms with E-state index in [2.05, 4.69) is 33.2 Å². The lowest BCUT2D eigenvalue weighted by Gasteiger charge is -2.37. The molecule has 1 amide bonds. The van der Waals surface area contributed by atoms with Crippen LogP contribution in [0.15, 0.2) is 58.9 Å². The first-order valence-electron chi connectivity index (χ1n) is 12.5. The van der Waals surface area contributed by atoms with Crippen molar-refractivity contribution in [3.8, 4) is 11.5 Å². The van der Waals surface area contributed by atoms with Crippen LogP contribution in [0.3, 0.4) is 0 Å². The molecule has 7 nitrogen and oxygen atoms in total. The van der Waals surface area contributed by atoms with Gasteiger partial charge in [0.1, 0.15) is 0 Å². The van der Waals surface area contributed by atoms with Crippen LogP contribution in [0.25, 0.3) is 0 Å². The minimum Gasteiger partial charge on any atom is -0.493 e. The summed E-state index contributed by atoms with van der Waals surface area (Å²) in [6, 6.07) is 11.3. The Labute approximate surface area is 229 Å². The molecule has 1 heterocycles. The second kappa shape index (κ2) is 10.7. The zero-order chi connectivity index (χ0) is 26.1. The van der Waals surface area contributed by atoms with Crippen molar-refractivity contribution in [1.82, 2.24) is 5.32 Å². The molecule has 0 spiro atoms. The maximum absolute atomic E-state index is 13.1.